The van der Waals surface area contributed by atoms with E-state index < -0.39 is 0 Å². The van der Waals surface area contributed by atoms with Gasteiger partial charge in [-0.2, -0.15) is 0 Å². The normalized spacial score (nSPS) is 11.4. The standard InChI is InChI=1S/C13H18BrNO2/c1-9-5-6-10(7-11(9)14)15-12(16)8-17-13(2,3)4/h5-7H,8H2,1-4H3,(H,15,16). The van der Waals surface area contributed by atoms with Crippen LogP contribution in [0.25, 0.3) is 0 Å². The molecule has 0 saturated carbocycles. The van der Waals surface area contributed by atoms with Crippen molar-refractivity contribution in [3.8, 4) is 0 Å². The number of halogens is 1. The fraction of sp³-hybridized carbons (Fsp3) is 0.462. The summed E-state index contributed by atoms with van der Waals surface area (Å²) >= 11 is 3.42. The first-order valence-electron chi connectivity index (χ1n) is 5.48. The second kappa shape index (κ2) is 5.65. The Hall–Kier alpha value is -0.870. The van der Waals surface area contributed by atoms with Gasteiger partial charge in [0, 0.05) is 10.2 Å². The maximum Gasteiger partial charge on any atom is 0.250 e. The van der Waals surface area contributed by atoms with Gasteiger partial charge in [-0.3, -0.25) is 4.79 Å². The fourth-order valence-corrected chi connectivity index (χ4v) is 1.53. The zero-order valence-electron chi connectivity index (χ0n) is 10.6. The summed E-state index contributed by atoms with van der Waals surface area (Å²) in [6, 6.07) is 5.70. The first-order valence-corrected chi connectivity index (χ1v) is 6.27. The van der Waals surface area contributed by atoms with E-state index in [0.29, 0.717) is 0 Å². The molecule has 3 nitrogen and oxygen atoms in total. The summed E-state index contributed by atoms with van der Waals surface area (Å²) in [5, 5.41) is 2.79. The van der Waals surface area contributed by atoms with Crippen LogP contribution in [-0.2, 0) is 9.53 Å². The number of benzene rings is 1. The number of hydrogen-bond acceptors (Lipinski definition) is 2. The summed E-state index contributed by atoms with van der Waals surface area (Å²) in [6.45, 7) is 7.82. The first kappa shape index (κ1) is 14.2. The number of ether oxygens (including phenoxy) is 1. The third-order valence-electron chi connectivity index (χ3n) is 2.09. The lowest BCUT2D eigenvalue weighted by Gasteiger charge is -2.19. The van der Waals surface area contributed by atoms with Gasteiger partial charge >= 0.3 is 0 Å². The van der Waals surface area contributed by atoms with E-state index >= 15 is 0 Å². The summed E-state index contributed by atoms with van der Waals surface area (Å²) in [4.78, 5) is 11.6. The highest BCUT2D eigenvalue weighted by Gasteiger charge is 2.13. The second-order valence-corrected chi connectivity index (χ2v) is 5.77. The van der Waals surface area contributed by atoms with Gasteiger partial charge in [0.2, 0.25) is 5.91 Å². The number of amides is 1. The number of hydrogen-bond donors (Lipinski definition) is 1. The van der Waals surface area contributed by atoms with Crippen LogP contribution in [0.15, 0.2) is 22.7 Å². The zero-order chi connectivity index (χ0) is 13.1. The van der Waals surface area contributed by atoms with Crippen LogP contribution in [0.3, 0.4) is 0 Å². The van der Waals surface area contributed by atoms with Crippen LogP contribution in [0, 0.1) is 6.92 Å². The lowest BCUT2D eigenvalue weighted by Crippen LogP contribution is -2.27. The first-order chi connectivity index (χ1) is 7.78. The lowest BCUT2D eigenvalue weighted by molar-refractivity contribution is -0.125. The lowest BCUT2D eigenvalue weighted by atomic mass is 10.2. The van der Waals surface area contributed by atoms with Crippen molar-refractivity contribution in [2.45, 2.75) is 33.3 Å². The van der Waals surface area contributed by atoms with Crippen molar-refractivity contribution >= 4 is 27.5 Å². The minimum atomic E-state index is -0.300. The summed E-state index contributed by atoms with van der Waals surface area (Å²) in [5.41, 5.74) is 1.60. The van der Waals surface area contributed by atoms with Gasteiger partial charge in [-0.05, 0) is 45.4 Å². The molecule has 0 radical (unpaired) electrons. The SMILES string of the molecule is Cc1ccc(NC(=O)COC(C)(C)C)cc1Br. The largest absolute Gasteiger partial charge is 0.366 e. The Kier molecular flexibility index (Phi) is 4.71. The van der Waals surface area contributed by atoms with Gasteiger partial charge in [0.05, 0.1) is 5.60 Å². The highest BCUT2D eigenvalue weighted by molar-refractivity contribution is 9.10. The van der Waals surface area contributed by atoms with Gasteiger partial charge in [-0.15, -0.1) is 0 Å². The van der Waals surface area contributed by atoms with Crippen LogP contribution in [0.4, 0.5) is 5.69 Å². The molecule has 0 heterocycles. The molecule has 1 rings (SSSR count). The molecule has 94 valence electrons. The van der Waals surface area contributed by atoms with E-state index in [1.807, 2.05) is 45.9 Å². The number of aryl methyl sites for hydroxylation is 1. The molecule has 1 N–H and O–H groups in total. The number of anilines is 1. The molecule has 0 aliphatic carbocycles. The Labute approximate surface area is 111 Å². The quantitative estimate of drug-likeness (QED) is 0.927. The average Bonchev–Trinajstić information content (AvgIpc) is 2.20. The summed E-state index contributed by atoms with van der Waals surface area (Å²) in [5.74, 6) is -0.143. The van der Waals surface area contributed by atoms with Crippen LogP contribution < -0.4 is 5.32 Å². The summed E-state index contributed by atoms with van der Waals surface area (Å²) in [6.07, 6.45) is 0. The van der Waals surface area contributed by atoms with Crippen LogP contribution >= 0.6 is 15.9 Å². The van der Waals surface area contributed by atoms with Crippen LogP contribution in [0.2, 0.25) is 0 Å². The van der Waals surface area contributed by atoms with Crippen LogP contribution in [0.5, 0.6) is 0 Å². The molecule has 0 unspecified atom stereocenters. The third kappa shape index (κ3) is 5.33. The molecule has 0 spiro atoms. The maximum atomic E-state index is 11.6. The predicted octanol–water partition coefficient (Wildman–Crippen LogP) is 3.51. The molecule has 0 aliphatic heterocycles. The highest BCUT2D eigenvalue weighted by Crippen LogP contribution is 2.20. The van der Waals surface area contributed by atoms with E-state index in [1.165, 1.54) is 0 Å². The number of nitrogens with one attached hydrogen (secondary N) is 1. The number of carbonyl (C=O) groups excluding carboxylic acids is 1. The van der Waals surface area contributed by atoms with Crippen molar-refractivity contribution in [1.82, 2.24) is 0 Å². The molecule has 0 aliphatic rings. The minimum Gasteiger partial charge on any atom is -0.366 e. The van der Waals surface area contributed by atoms with Gasteiger partial charge < -0.3 is 10.1 Å². The molecular formula is C13H18BrNO2. The van der Waals surface area contributed by atoms with Crippen LogP contribution in [0.1, 0.15) is 26.3 Å². The topological polar surface area (TPSA) is 38.3 Å². The van der Waals surface area contributed by atoms with Crippen molar-refractivity contribution in [3.05, 3.63) is 28.2 Å². The molecule has 0 bridgehead atoms. The van der Waals surface area contributed by atoms with E-state index in [-0.39, 0.29) is 18.1 Å². The van der Waals surface area contributed by atoms with Gasteiger partial charge in [0.15, 0.2) is 0 Å². The molecule has 0 fully saturated rings. The van der Waals surface area contributed by atoms with Gasteiger partial charge in [-0.25, -0.2) is 0 Å². The van der Waals surface area contributed by atoms with E-state index in [2.05, 4.69) is 21.2 Å². The fourth-order valence-electron chi connectivity index (χ4n) is 1.15. The van der Waals surface area contributed by atoms with Gasteiger partial charge in [0.25, 0.3) is 0 Å². The smallest absolute Gasteiger partial charge is 0.250 e. The van der Waals surface area contributed by atoms with E-state index in [4.69, 9.17) is 4.74 Å². The Morgan fingerprint density at radius 1 is 1.41 bits per heavy atom. The molecule has 0 atom stereocenters. The van der Waals surface area contributed by atoms with Crippen molar-refractivity contribution in [2.24, 2.45) is 0 Å². The highest BCUT2D eigenvalue weighted by atomic mass is 79.9. The van der Waals surface area contributed by atoms with E-state index in [1.54, 1.807) is 0 Å². The van der Waals surface area contributed by atoms with E-state index in [9.17, 15) is 4.79 Å². The maximum absolute atomic E-state index is 11.6. The van der Waals surface area contributed by atoms with Crippen molar-refractivity contribution < 1.29 is 9.53 Å². The van der Waals surface area contributed by atoms with Crippen molar-refractivity contribution in [1.29, 1.82) is 0 Å². The zero-order valence-corrected chi connectivity index (χ0v) is 12.2. The predicted molar refractivity (Wildman–Crippen MR) is 73.2 cm³/mol. The molecule has 0 saturated heterocycles. The molecule has 1 aromatic carbocycles. The molecule has 1 amide bonds. The Balaban J connectivity index is 2.54. The minimum absolute atomic E-state index is 0.0645. The summed E-state index contributed by atoms with van der Waals surface area (Å²) in [7, 11) is 0. The number of rotatable bonds is 3. The van der Waals surface area contributed by atoms with Crippen molar-refractivity contribution in [3.63, 3.8) is 0 Å². The Bertz CT molecular complexity index is 410. The van der Waals surface area contributed by atoms with Crippen molar-refractivity contribution in [2.75, 3.05) is 11.9 Å². The summed E-state index contributed by atoms with van der Waals surface area (Å²) < 4.78 is 6.37. The average molecular weight is 300 g/mol. The molecular weight excluding hydrogens is 282 g/mol. The number of carbonyl (C=O) groups is 1. The molecule has 17 heavy (non-hydrogen) atoms. The molecule has 4 heteroatoms. The molecule has 0 aromatic heterocycles. The van der Waals surface area contributed by atoms with E-state index in [0.717, 1.165) is 15.7 Å². The monoisotopic (exact) mass is 299 g/mol. The Morgan fingerprint density at radius 3 is 2.59 bits per heavy atom. The Morgan fingerprint density at radius 2 is 2.06 bits per heavy atom. The third-order valence-corrected chi connectivity index (χ3v) is 2.95. The second-order valence-electron chi connectivity index (χ2n) is 4.91. The molecule has 1 aromatic rings. The van der Waals surface area contributed by atoms with Crippen LogP contribution in [-0.4, -0.2) is 18.1 Å². The van der Waals surface area contributed by atoms with Gasteiger partial charge in [-0.1, -0.05) is 22.0 Å². The van der Waals surface area contributed by atoms with Gasteiger partial charge in [0.1, 0.15) is 6.61 Å².